The minimum atomic E-state index is 0.187. The number of nitrogens with zero attached hydrogens (tertiary/aromatic N) is 3. The van der Waals surface area contributed by atoms with Crippen molar-refractivity contribution in [3.05, 3.63) is 53.9 Å². The smallest absolute Gasteiger partial charge is 0.226 e. The van der Waals surface area contributed by atoms with Crippen molar-refractivity contribution in [2.24, 2.45) is 13.0 Å². The third-order valence-corrected chi connectivity index (χ3v) is 5.53. The van der Waals surface area contributed by atoms with Crippen LogP contribution in [0.5, 0.6) is 0 Å². The molecule has 0 radical (unpaired) electrons. The summed E-state index contributed by atoms with van der Waals surface area (Å²) in [6.07, 6.45) is 9.40. The second-order valence-corrected chi connectivity index (χ2v) is 7.25. The minimum Gasteiger partial charge on any atom is -0.339 e. The average Bonchev–Trinajstić information content (AvgIpc) is 3.05. The quantitative estimate of drug-likeness (QED) is 0.848. The zero-order chi connectivity index (χ0) is 16.5. The largest absolute Gasteiger partial charge is 0.339 e. The van der Waals surface area contributed by atoms with Crippen LogP contribution in [0.25, 0.3) is 0 Å². The van der Waals surface area contributed by atoms with Crippen molar-refractivity contribution in [1.29, 1.82) is 0 Å². The van der Waals surface area contributed by atoms with Gasteiger partial charge in [-0.05, 0) is 49.1 Å². The first-order valence-electron chi connectivity index (χ1n) is 9.05. The number of hydrogen-bond acceptors (Lipinski definition) is 2. The Bertz CT molecular complexity index is 709. The molecule has 2 aromatic rings. The van der Waals surface area contributed by atoms with Gasteiger partial charge in [0, 0.05) is 31.7 Å². The molecule has 2 heterocycles. The van der Waals surface area contributed by atoms with Gasteiger partial charge in [0.25, 0.3) is 0 Å². The van der Waals surface area contributed by atoms with Gasteiger partial charge < -0.3 is 4.90 Å². The monoisotopic (exact) mass is 323 g/mol. The van der Waals surface area contributed by atoms with Crippen LogP contribution in [0.4, 0.5) is 0 Å². The van der Waals surface area contributed by atoms with Crippen LogP contribution in [0.3, 0.4) is 0 Å². The Morgan fingerprint density at radius 2 is 2.12 bits per heavy atom. The lowest BCUT2D eigenvalue weighted by Crippen LogP contribution is -2.37. The predicted molar refractivity (Wildman–Crippen MR) is 93.6 cm³/mol. The molecule has 1 aliphatic heterocycles. The number of amides is 1. The molecule has 0 N–H and O–H groups in total. The van der Waals surface area contributed by atoms with Crippen LogP contribution in [0.2, 0.25) is 0 Å². The normalized spacial score (nSPS) is 25.9. The standard InChI is InChI=1S/C20H25N3O/c1-22-14-16(13-21-22)18-12-19(18)20(24)23-11-5-8-17(23)10-9-15-6-3-2-4-7-15/h2-4,6-7,13-14,17-19H,5,8-12H2,1H3. The fourth-order valence-corrected chi connectivity index (χ4v) is 4.08. The van der Waals surface area contributed by atoms with Gasteiger partial charge >= 0.3 is 0 Å². The third-order valence-electron chi connectivity index (χ3n) is 5.53. The van der Waals surface area contributed by atoms with Crippen molar-refractivity contribution in [3.8, 4) is 0 Å². The van der Waals surface area contributed by atoms with E-state index in [2.05, 4.69) is 46.5 Å². The summed E-state index contributed by atoms with van der Waals surface area (Å²) in [6.45, 7) is 0.939. The van der Waals surface area contributed by atoms with E-state index in [-0.39, 0.29) is 5.92 Å². The van der Waals surface area contributed by atoms with Gasteiger partial charge in [-0.15, -0.1) is 0 Å². The lowest BCUT2D eigenvalue weighted by Gasteiger charge is -2.25. The molecule has 1 saturated carbocycles. The van der Waals surface area contributed by atoms with Gasteiger partial charge in [0.1, 0.15) is 0 Å². The molecule has 1 aromatic carbocycles. The van der Waals surface area contributed by atoms with Crippen molar-refractivity contribution in [2.75, 3.05) is 6.54 Å². The second kappa shape index (κ2) is 6.42. The van der Waals surface area contributed by atoms with Crippen LogP contribution >= 0.6 is 0 Å². The summed E-state index contributed by atoms with van der Waals surface area (Å²) >= 11 is 0. The van der Waals surface area contributed by atoms with E-state index in [0.717, 1.165) is 38.6 Å². The number of rotatable bonds is 5. The average molecular weight is 323 g/mol. The van der Waals surface area contributed by atoms with Crippen LogP contribution in [0.15, 0.2) is 42.7 Å². The molecule has 2 aliphatic rings. The number of likely N-dealkylation sites (tertiary alicyclic amines) is 1. The Morgan fingerprint density at radius 1 is 1.29 bits per heavy atom. The van der Waals surface area contributed by atoms with Crippen LogP contribution in [-0.4, -0.2) is 33.2 Å². The van der Waals surface area contributed by atoms with Gasteiger partial charge in [0.05, 0.1) is 6.20 Å². The highest BCUT2D eigenvalue weighted by atomic mass is 16.2. The van der Waals surface area contributed by atoms with E-state index in [1.54, 1.807) is 0 Å². The van der Waals surface area contributed by atoms with E-state index in [0.29, 0.717) is 17.9 Å². The molecule has 1 aromatic heterocycles. The SMILES string of the molecule is Cn1cc(C2CC2C(=O)N2CCCC2CCc2ccccc2)cn1. The Balaban J connectivity index is 1.35. The molecule has 1 aliphatic carbocycles. The number of carbonyl (C=O) groups is 1. The van der Waals surface area contributed by atoms with Crippen molar-refractivity contribution in [2.45, 2.75) is 44.1 Å². The lowest BCUT2D eigenvalue weighted by molar-refractivity contribution is -0.133. The summed E-state index contributed by atoms with van der Waals surface area (Å²) in [6, 6.07) is 11.0. The van der Waals surface area contributed by atoms with Crippen LogP contribution in [0.1, 0.15) is 42.7 Å². The highest BCUT2D eigenvalue weighted by Gasteiger charge is 2.47. The number of aryl methyl sites for hydroxylation is 2. The van der Waals surface area contributed by atoms with E-state index in [1.165, 1.54) is 11.1 Å². The molecule has 4 rings (SSSR count). The Hall–Kier alpha value is -2.10. The summed E-state index contributed by atoms with van der Waals surface area (Å²) in [5.74, 6) is 0.951. The summed E-state index contributed by atoms with van der Waals surface area (Å²) in [4.78, 5) is 15.1. The summed E-state index contributed by atoms with van der Waals surface area (Å²) in [5, 5.41) is 4.24. The van der Waals surface area contributed by atoms with Gasteiger partial charge in [-0.1, -0.05) is 30.3 Å². The van der Waals surface area contributed by atoms with Gasteiger partial charge in [-0.3, -0.25) is 9.48 Å². The molecular weight excluding hydrogens is 298 g/mol. The van der Waals surface area contributed by atoms with Crippen LogP contribution < -0.4 is 0 Å². The summed E-state index contributed by atoms with van der Waals surface area (Å²) in [5.41, 5.74) is 2.59. The molecule has 3 unspecified atom stereocenters. The van der Waals surface area contributed by atoms with Crippen molar-refractivity contribution < 1.29 is 4.79 Å². The summed E-state index contributed by atoms with van der Waals surface area (Å²) < 4.78 is 1.83. The first-order chi connectivity index (χ1) is 11.7. The fraction of sp³-hybridized carbons (Fsp3) is 0.500. The van der Waals surface area contributed by atoms with Gasteiger partial charge in [0.15, 0.2) is 0 Å². The molecular formula is C20H25N3O. The molecule has 2 fully saturated rings. The molecule has 3 atom stereocenters. The Morgan fingerprint density at radius 3 is 2.88 bits per heavy atom. The Kier molecular flexibility index (Phi) is 4.13. The van der Waals surface area contributed by atoms with E-state index in [9.17, 15) is 4.79 Å². The van der Waals surface area contributed by atoms with Crippen molar-refractivity contribution in [3.63, 3.8) is 0 Å². The molecule has 4 nitrogen and oxygen atoms in total. The maximum absolute atomic E-state index is 12.9. The molecule has 1 saturated heterocycles. The zero-order valence-electron chi connectivity index (χ0n) is 14.3. The number of aromatic nitrogens is 2. The third kappa shape index (κ3) is 3.10. The topological polar surface area (TPSA) is 38.1 Å². The second-order valence-electron chi connectivity index (χ2n) is 7.25. The molecule has 126 valence electrons. The van der Waals surface area contributed by atoms with Crippen LogP contribution in [0, 0.1) is 5.92 Å². The van der Waals surface area contributed by atoms with E-state index in [4.69, 9.17) is 0 Å². The predicted octanol–water partition coefficient (Wildman–Crippen LogP) is 3.15. The molecule has 0 spiro atoms. The maximum atomic E-state index is 12.9. The maximum Gasteiger partial charge on any atom is 0.226 e. The number of hydrogen-bond donors (Lipinski definition) is 0. The van der Waals surface area contributed by atoms with E-state index >= 15 is 0 Å². The molecule has 4 heteroatoms. The molecule has 24 heavy (non-hydrogen) atoms. The zero-order valence-corrected chi connectivity index (χ0v) is 14.3. The Labute approximate surface area is 143 Å². The molecule has 1 amide bonds. The highest BCUT2D eigenvalue weighted by Crippen LogP contribution is 2.49. The number of carbonyl (C=O) groups excluding carboxylic acids is 1. The van der Waals surface area contributed by atoms with E-state index in [1.807, 2.05) is 17.9 Å². The van der Waals surface area contributed by atoms with Crippen molar-refractivity contribution >= 4 is 5.91 Å². The van der Waals surface area contributed by atoms with Gasteiger partial charge in [-0.25, -0.2) is 0 Å². The highest BCUT2D eigenvalue weighted by molar-refractivity contribution is 5.83. The minimum absolute atomic E-state index is 0.187. The van der Waals surface area contributed by atoms with Crippen LogP contribution in [-0.2, 0) is 18.3 Å². The lowest BCUT2D eigenvalue weighted by atomic mass is 10.0. The van der Waals surface area contributed by atoms with Gasteiger partial charge in [-0.2, -0.15) is 5.10 Å². The summed E-state index contributed by atoms with van der Waals surface area (Å²) in [7, 11) is 1.93. The van der Waals surface area contributed by atoms with Gasteiger partial charge in [0.2, 0.25) is 5.91 Å². The number of benzene rings is 1. The van der Waals surface area contributed by atoms with Crippen molar-refractivity contribution in [1.82, 2.24) is 14.7 Å². The fourth-order valence-electron chi connectivity index (χ4n) is 4.08. The first kappa shape index (κ1) is 15.4. The molecule has 0 bridgehead atoms. The first-order valence-corrected chi connectivity index (χ1v) is 9.05. The van der Waals surface area contributed by atoms with E-state index < -0.39 is 0 Å².